The van der Waals surface area contributed by atoms with Gasteiger partial charge in [-0.3, -0.25) is 4.79 Å². The molecule has 0 saturated carbocycles. The van der Waals surface area contributed by atoms with E-state index in [0.29, 0.717) is 12.1 Å². The summed E-state index contributed by atoms with van der Waals surface area (Å²) in [4.78, 5) is 12.5. The SMILES string of the molecule is COc1c(NC(=O)C(O[Si](C)(C)C(C)(C)C)(C(F)(F)F)C(F)(F)F)ccc(F)c1F. The van der Waals surface area contributed by atoms with E-state index in [0.717, 1.165) is 20.2 Å². The van der Waals surface area contributed by atoms with Gasteiger partial charge in [0, 0.05) is 0 Å². The predicted octanol–water partition coefficient (Wildman–Crippen LogP) is 5.80. The Morgan fingerprint density at radius 3 is 1.80 bits per heavy atom. The maximum atomic E-state index is 13.8. The number of hydrogen-bond acceptors (Lipinski definition) is 3. The monoisotopic (exact) mass is 467 g/mol. The summed E-state index contributed by atoms with van der Waals surface area (Å²) in [6.07, 6.45) is -12.5. The molecule has 0 aliphatic rings. The van der Waals surface area contributed by atoms with Crippen LogP contribution in [0.5, 0.6) is 5.75 Å². The maximum Gasteiger partial charge on any atom is 0.434 e. The summed E-state index contributed by atoms with van der Waals surface area (Å²) >= 11 is 0. The van der Waals surface area contributed by atoms with Gasteiger partial charge in [-0.2, -0.15) is 30.7 Å². The Balaban J connectivity index is 3.68. The first-order chi connectivity index (χ1) is 13.2. The van der Waals surface area contributed by atoms with Crippen LogP contribution in [0.1, 0.15) is 20.8 Å². The minimum atomic E-state index is -6.23. The van der Waals surface area contributed by atoms with Crippen molar-refractivity contribution >= 4 is 19.9 Å². The van der Waals surface area contributed by atoms with Crippen molar-refractivity contribution in [3.05, 3.63) is 23.8 Å². The molecule has 1 N–H and O–H groups in total. The van der Waals surface area contributed by atoms with Crippen molar-refractivity contribution in [2.75, 3.05) is 12.4 Å². The molecule has 1 aromatic carbocycles. The first-order valence-electron chi connectivity index (χ1n) is 8.40. The van der Waals surface area contributed by atoms with Crippen LogP contribution in [0.4, 0.5) is 40.8 Å². The van der Waals surface area contributed by atoms with E-state index in [-0.39, 0.29) is 0 Å². The van der Waals surface area contributed by atoms with Crippen molar-refractivity contribution in [3.63, 3.8) is 0 Å². The third-order valence-electron chi connectivity index (χ3n) is 4.83. The number of rotatable bonds is 5. The van der Waals surface area contributed by atoms with E-state index in [4.69, 9.17) is 0 Å². The zero-order valence-corrected chi connectivity index (χ0v) is 17.9. The van der Waals surface area contributed by atoms with Crippen LogP contribution in [0.2, 0.25) is 18.1 Å². The number of nitrogens with one attached hydrogen (secondary N) is 1. The van der Waals surface area contributed by atoms with Crippen LogP contribution in [-0.2, 0) is 9.22 Å². The zero-order valence-electron chi connectivity index (χ0n) is 16.9. The number of alkyl halides is 6. The van der Waals surface area contributed by atoms with Gasteiger partial charge in [-0.05, 0) is 30.3 Å². The molecule has 0 fully saturated rings. The molecule has 172 valence electrons. The lowest BCUT2D eigenvalue weighted by Gasteiger charge is -2.45. The molecule has 0 aliphatic heterocycles. The average molecular weight is 467 g/mol. The Morgan fingerprint density at radius 2 is 1.43 bits per heavy atom. The van der Waals surface area contributed by atoms with Gasteiger partial charge in [0.2, 0.25) is 5.82 Å². The van der Waals surface area contributed by atoms with Gasteiger partial charge in [0.1, 0.15) is 0 Å². The molecule has 0 spiro atoms. The topological polar surface area (TPSA) is 47.6 Å². The van der Waals surface area contributed by atoms with Crippen LogP contribution in [0.15, 0.2) is 12.1 Å². The Labute approximate surface area is 168 Å². The summed E-state index contributed by atoms with van der Waals surface area (Å²) in [7, 11) is -3.06. The molecule has 1 rings (SSSR count). The number of carbonyl (C=O) groups excluding carboxylic acids is 1. The Bertz CT molecular complexity index is 786. The lowest BCUT2D eigenvalue weighted by molar-refractivity contribution is -0.342. The minimum Gasteiger partial charge on any atom is -0.491 e. The summed E-state index contributed by atoms with van der Waals surface area (Å²) in [5, 5.41) is 0.214. The molecule has 0 atom stereocenters. The van der Waals surface area contributed by atoms with Crippen LogP contribution < -0.4 is 10.1 Å². The van der Waals surface area contributed by atoms with E-state index >= 15 is 0 Å². The second-order valence-electron chi connectivity index (χ2n) is 7.94. The van der Waals surface area contributed by atoms with Crippen LogP contribution in [0.25, 0.3) is 0 Å². The molecule has 30 heavy (non-hydrogen) atoms. The molecule has 0 bridgehead atoms. The van der Waals surface area contributed by atoms with Gasteiger partial charge in [-0.15, -0.1) is 0 Å². The number of methoxy groups -OCH3 is 1. The van der Waals surface area contributed by atoms with Crippen LogP contribution in [0, 0.1) is 11.6 Å². The lowest BCUT2D eigenvalue weighted by atomic mass is 10.0. The normalized spacial score (nSPS) is 13.9. The summed E-state index contributed by atoms with van der Waals surface area (Å²) in [6, 6.07) is 0.976. The molecule has 1 aromatic rings. The highest BCUT2D eigenvalue weighted by Crippen LogP contribution is 2.51. The highest BCUT2D eigenvalue weighted by molar-refractivity contribution is 6.74. The van der Waals surface area contributed by atoms with Crippen molar-refractivity contribution in [2.24, 2.45) is 0 Å². The predicted molar refractivity (Wildman–Crippen MR) is 94.7 cm³/mol. The molecular formula is C17H21F8NO3Si. The third-order valence-corrected chi connectivity index (χ3v) is 9.26. The van der Waals surface area contributed by atoms with Crippen molar-refractivity contribution in [2.45, 2.75) is 56.9 Å². The Morgan fingerprint density at radius 1 is 0.967 bits per heavy atom. The largest absolute Gasteiger partial charge is 0.491 e. The molecule has 0 aliphatic carbocycles. The van der Waals surface area contributed by atoms with Crippen molar-refractivity contribution in [1.82, 2.24) is 0 Å². The molecule has 4 nitrogen and oxygen atoms in total. The van der Waals surface area contributed by atoms with Gasteiger partial charge in [0.15, 0.2) is 19.9 Å². The number of anilines is 1. The van der Waals surface area contributed by atoms with E-state index in [2.05, 4.69) is 9.16 Å². The van der Waals surface area contributed by atoms with E-state index in [1.54, 1.807) is 0 Å². The van der Waals surface area contributed by atoms with E-state index in [1.165, 1.54) is 26.1 Å². The van der Waals surface area contributed by atoms with Crippen molar-refractivity contribution in [1.29, 1.82) is 0 Å². The standard InChI is InChI=1S/C17H21F8NO3Si/c1-14(2,3)30(5,6)29-15(16(20,21)22,17(23,24)25)13(27)26-10-8-7-9(18)11(19)12(10)28-4/h7-8H,1-6H3,(H,26,27). The fourth-order valence-corrected chi connectivity index (χ4v) is 3.55. The first-order valence-corrected chi connectivity index (χ1v) is 11.3. The lowest BCUT2D eigenvalue weighted by Crippen LogP contribution is -2.70. The molecular weight excluding hydrogens is 446 g/mol. The fourth-order valence-electron chi connectivity index (χ4n) is 2.16. The number of halogens is 8. The number of benzene rings is 1. The Hall–Kier alpha value is -1.89. The van der Waals surface area contributed by atoms with Crippen LogP contribution >= 0.6 is 0 Å². The number of hydrogen-bond donors (Lipinski definition) is 1. The highest BCUT2D eigenvalue weighted by atomic mass is 28.4. The highest BCUT2D eigenvalue weighted by Gasteiger charge is 2.78. The summed E-state index contributed by atoms with van der Waals surface area (Å²) in [6.45, 7) is 6.35. The second-order valence-corrected chi connectivity index (χ2v) is 12.7. The van der Waals surface area contributed by atoms with Crippen LogP contribution in [-0.4, -0.2) is 39.3 Å². The molecule has 1 amide bonds. The van der Waals surface area contributed by atoms with Gasteiger partial charge in [-0.25, -0.2) is 4.39 Å². The van der Waals surface area contributed by atoms with E-state index in [9.17, 15) is 39.9 Å². The molecule has 0 saturated heterocycles. The summed E-state index contributed by atoms with van der Waals surface area (Å²) in [5.74, 6) is -6.92. The first kappa shape index (κ1) is 26.1. The number of amides is 1. The molecule has 0 aromatic heterocycles. The number of ether oxygens (including phenoxy) is 1. The second kappa shape index (κ2) is 7.98. The van der Waals surface area contributed by atoms with Gasteiger partial charge >= 0.3 is 18.0 Å². The maximum absolute atomic E-state index is 13.8. The third kappa shape index (κ3) is 4.56. The Kier molecular flexibility index (Phi) is 6.96. The van der Waals surface area contributed by atoms with Crippen LogP contribution in [0.3, 0.4) is 0 Å². The van der Waals surface area contributed by atoms with Gasteiger partial charge in [0.05, 0.1) is 12.8 Å². The quantitative estimate of drug-likeness (QED) is 0.440. The van der Waals surface area contributed by atoms with E-state index < -0.39 is 60.3 Å². The summed E-state index contributed by atoms with van der Waals surface area (Å²) in [5.41, 5.74) is -6.18. The van der Waals surface area contributed by atoms with Gasteiger partial charge in [0.25, 0.3) is 5.91 Å². The molecule has 0 radical (unpaired) electrons. The van der Waals surface area contributed by atoms with E-state index in [1.807, 2.05) is 0 Å². The average Bonchev–Trinajstić information content (AvgIpc) is 2.52. The molecule has 0 heterocycles. The van der Waals surface area contributed by atoms with Gasteiger partial charge < -0.3 is 14.5 Å². The summed E-state index contributed by atoms with van der Waals surface area (Å²) < 4.78 is 119. The number of carbonyl (C=O) groups is 1. The fraction of sp³-hybridized carbons (Fsp3) is 0.588. The minimum absolute atomic E-state index is 0.408. The molecule has 13 heteroatoms. The molecule has 0 unspecified atom stereocenters. The van der Waals surface area contributed by atoms with Gasteiger partial charge in [-0.1, -0.05) is 20.8 Å². The van der Waals surface area contributed by atoms with Crippen molar-refractivity contribution in [3.8, 4) is 5.75 Å². The smallest absolute Gasteiger partial charge is 0.434 e. The van der Waals surface area contributed by atoms with Crippen molar-refractivity contribution < 1.29 is 49.1 Å². The zero-order chi connectivity index (χ0) is 23.9.